The van der Waals surface area contributed by atoms with E-state index in [1.54, 1.807) is 18.2 Å². The van der Waals surface area contributed by atoms with Crippen LogP contribution >= 0.6 is 0 Å². The normalized spacial score (nSPS) is 20.7. The van der Waals surface area contributed by atoms with E-state index in [0.29, 0.717) is 37.7 Å². The highest BCUT2D eigenvalue weighted by molar-refractivity contribution is 6.23. The average molecular weight is 718 g/mol. The number of piperidine rings is 2. The topological polar surface area (TPSA) is 172 Å². The Labute approximate surface area is 306 Å². The lowest BCUT2D eigenvalue weighted by molar-refractivity contribution is -0.136. The van der Waals surface area contributed by atoms with Crippen LogP contribution in [0.4, 0.5) is 5.69 Å². The molecule has 53 heavy (non-hydrogen) atoms. The lowest BCUT2D eigenvalue weighted by Crippen LogP contribution is -2.54. The molecule has 4 aliphatic rings. The van der Waals surface area contributed by atoms with Crippen LogP contribution in [0.1, 0.15) is 96.0 Å². The summed E-state index contributed by atoms with van der Waals surface area (Å²) < 4.78 is 2.02. The summed E-state index contributed by atoms with van der Waals surface area (Å²) in [5.41, 5.74) is 6.10. The Kier molecular flexibility index (Phi) is 9.69. The lowest BCUT2D eigenvalue weighted by atomic mass is 9.97. The molecule has 0 saturated carbocycles. The van der Waals surface area contributed by atoms with Crippen LogP contribution in [-0.4, -0.2) is 97.8 Å². The minimum atomic E-state index is -0.986. The van der Waals surface area contributed by atoms with E-state index in [2.05, 4.69) is 39.4 Å². The third-order valence-corrected chi connectivity index (χ3v) is 11.0. The maximum Gasteiger partial charge on any atom is 0.262 e. The van der Waals surface area contributed by atoms with Crippen LogP contribution in [0, 0.1) is 0 Å². The summed E-state index contributed by atoms with van der Waals surface area (Å²) in [6, 6.07) is 10.5. The van der Waals surface area contributed by atoms with Crippen molar-refractivity contribution in [1.82, 2.24) is 40.2 Å². The largest absolute Gasteiger partial charge is 0.385 e. The molecule has 0 spiro atoms. The highest BCUT2D eigenvalue weighted by Gasteiger charge is 2.44. The summed E-state index contributed by atoms with van der Waals surface area (Å²) in [5.74, 6) is -1.45. The number of carbonyl (C=O) groups excluding carboxylic acids is 5. The molecule has 0 bridgehead atoms. The molecule has 2 unspecified atom stereocenters. The van der Waals surface area contributed by atoms with Crippen molar-refractivity contribution in [3.05, 3.63) is 71.7 Å². The van der Waals surface area contributed by atoms with Crippen molar-refractivity contribution in [2.45, 2.75) is 75.8 Å². The number of nitrogens with one attached hydrogen (secondary N) is 3. The van der Waals surface area contributed by atoms with E-state index >= 15 is 0 Å². The lowest BCUT2D eigenvalue weighted by Gasteiger charge is -2.32. The van der Waals surface area contributed by atoms with Gasteiger partial charge >= 0.3 is 0 Å². The summed E-state index contributed by atoms with van der Waals surface area (Å²) in [7, 11) is 0. The molecule has 4 aliphatic heterocycles. The van der Waals surface area contributed by atoms with E-state index < -0.39 is 29.7 Å². The van der Waals surface area contributed by atoms with Gasteiger partial charge in [-0.1, -0.05) is 18.6 Å². The molecule has 3 saturated heterocycles. The van der Waals surface area contributed by atoms with Crippen LogP contribution in [0.15, 0.2) is 55.0 Å². The van der Waals surface area contributed by atoms with Gasteiger partial charge in [0.15, 0.2) is 0 Å². The number of fused-ring (bicyclic) bond motifs is 2. The number of aromatic nitrogens is 4. The standard InChI is InChI=1S/C39H43N9O5/c49-34-11-10-33(37(51)45-34)48-38(52)29-9-8-26(19-30(29)39(48)53)41-15-3-1-2-7-35(50)46-17-13-27(14-18-46)47-23-25(21-43-47)32-22-42-31-6-4-5-28(36(31)44-32)24-12-16-40-20-24/h4-6,8-9,19,21-24,27,33,40-41H,1-3,7,10-18,20H2,(H,45,49,51). The monoisotopic (exact) mass is 717 g/mol. The first-order chi connectivity index (χ1) is 25.8. The molecule has 5 amide bonds. The number of hydrogen-bond acceptors (Lipinski definition) is 10. The third kappa shape index (κ3) is 7.02. The van der Waals surface area contributed by atoms with Gasteiger partial charge in [-0.05, 0) is 80.8 Å². The maximum absolute atomic E-state index is 13.1. The van der Waals surface area contributed by atoms with E-state index in [0.717, 1.165) is 78.8 Å². The Morgan fingerprint density at radius 1 is 0.925 bits per heavy atom. The fraction of sp³-hybridized carbons (Fsp3) is 0.436. The van der Waals surface area contributed by atoms with Crippen molar-refractivity contribution in [3.8, 4) is 11.3 Å². The first kappa shape index (κ1) is 34.6. The van der Waals surface area contributed by atoms with E-state index in [9.17, 15) is 24.0 Å². The second kappa shape index (κ2) is 14.9. The number of benzene rings is 2. The van der Waals surface area contributed by atoms with Gasteiger partial charge in [0.1, 0.15) is 6.04 Å². The molecule has 2 aromatic carbocycles. The Bertz CT molecular complexity index is 2080. The number of anilines is 1. The molecule has 14 nitrogen and oxygen atoms in total. The molecular formula is C39H43N9O5. The first-order valence-corrected chi connectivity index (χ1v) is 18.7. The number of unbranched alkanes of at least 4 members (excludes halogenated alkanes) is 2. The van der Waals surface area contributed by atoms with Gasteiger partial charge in [-0.15, -0.1) is 0 Å². The maximum atomic E-state index is 13.1. The molecule has 4 aromatic rings. The molecule has 6 heterocycles. The summed E-state index contributed by atoms with van der Waals surface area (Å²) in [6.45, 7) is 4.04. The number of hydrogen-bond donors (Lipinski definition) is 3. The molecule has 8 rings (SSSR count). The number of amides is 5. The van der Waals surface area contributed by atoms with Crippen molar-refractivity contribution in [2.75, 3.05) is 38.0 Å². The average Bonchev–Trinajstić information content (AvgIpc) is 3.94. The van der Waals surface area contributed by atoms with E-state index in [-0.39, 0.29) is 35.9 Å². The van der Waals surface area contributed by atoms with Gasteiger partial charge in [0, 0.05) is 56.5 Å². The Morgan fingerprint density at radius 3 is 2.58 bits per heavy atom. The van der Waals surface area contributed by atoms with Crippen molar-refractivity contribution in [3.63, 3.8) is 0 Å². The quantitative estimate of drug-likeness (QED) is 0.153. The van der Waals surface area contributed by atoms with E-state index in [1.165, 1.54) is 5.56 Å². The van der Waals surface area contributed by atoms with Crippen LogP contribution in [0.25, 0.3) is 22.3 Å². The Hall–Kier alpha value is -5.50. The molecule has 3 fully saturated rings. The fourth-order valence-corrected chi connectivity index (χ4v) is 8.04. The summed E-state index contributed by atoms with van der Waals surface area (Å²) in [5, 5.41) is 13.7. The van der Waals surface area contributed by atoms with Crippen LogP contribution in [0.3, 0.4) is 0 Å². The number of likely N-dealkylation sites (tertiary alicyclic amines) is 1. The zero-order valence-corrected chi connectivity index (χ0v) is 29.6. The van der Waals surface area contributed by atoms with Gasteiger partial charge in [0.05, 0.1) is 46.3 Å². The SMILES string of the molecule is O=C1CCC(N2C(=O)c3ccc(NCCCCCC(=O)N4CCC(n5cc(-c6cnc7cccc(C8CCNC8)c7n6)cn5)CC4)cc3C2=O)C(=O)N1. The van der Waals surface area contributed by atoms with Gasteiger partial charge in [-0.25, -0.2) is 4.98 Å². The zero-order valence-electron chi connectivity index (χ0n) is 29.6. The van der Waals surface area contributed by atoms with Gasteiger partial charge in [-0.2, -0.15) is 5.10 Å². The van der Waals surface area contributed by atoms with E-state index in [1.807, 2.05) is 28.0 Å². The van der Waals surface area contributed by atoms with Crippen LogP contribution < -0.4 is 16.0 Å². The number of para-hydroxylation sites is 1. The van der Waals surface area contributed by atoms with E-state index in [4.69, 9.17) is 9.97 Å². The minimum Gasteiger partial charge on any atom is -0.385 e. The number of rotatable bonds is 11. The summed E-state index contributed by atoms with van der Waals surface area (Å²) >= 11 is 0. The molecule has 274 valence electrons. The molecule has 0 radical (unpaired) electrons. The molecule has 2 atom stereocenters. The first-order valence-electron chi connectivity index (χ1n) is 18.7. The summed E-state index contributed by atoms with van der Waals surface area (Å²) in [6.07, 6.45) is 11.7. The van der Waals surface area contributed by atoms with Crippen LogP contribution in [0.5, 0.6) is 0 Å². The molecule has 3 N–H and O–H groups in total. The van der Waals surface area contributed by atoms with Crippen molar-refractivity contribution < 1.29 is 24.0 Å². The van der Waals surface area contributed by atoms with Crippen LogP contribution in [-0.2, 0) is 14.4 Å². The van der Waals surface area contributed by atoms with Gasteiger partial charge < -0.3 is 15.5 Å². The smallest absolute Gasteiger partial charge is 0.262 e. The predicted octanol–water partition coefficient (Wildman–Crippen LogP) is 3.81. The molecule has 0 aliphatic carbocycles. The summed E-state index contributed by atoms with van der Waals surface area (Å²) in [4.78, 5) is 75.6. The third-order valence-electron chi connectivity index (χ3n) is 11.0. The van der Waals surface area contributed by atoms with Crippen molar-refractivity contribution in [2.24, 2.45) is 0 Å². The van der Waals surface area contributed by atoms with Gasteiger partial charge in [0.25, 0.3) is 11.8 Å². The highest BCUT2D eigenvalue weighted by atomic mass is 16.2. The van der Waals surface area contributed by atoms with Crippen molar-refractivity contribution in [1.29, 1.82) is 0 Å². The van der Waals surface area contributed by atoms with Crippen molar-refractivity contribution >= 4 is 46.3 Å². The highest BCUT2D eigenvalue weighted by Crippen LogP contribution is 2.32. The van der Waals surface area contributed by atoms with Gasteiger partial charge in [0.2, 0.25) is 17.7 Å². The fourth-order valence-electron chi connectivity index (χ4n) is 8.04. The zero-order chi connectivity index (χ0) is 36.5. The molecule has 2 aromatic heterocycles. The Balaban J connectivity index is 0.769. The van der Waals surface area contributed by atoms with Gasteiger partial charge in [-0.3, -0.25) is 43.9 Å². The molecule has 14 heteroatoms. The second-order valence-corrected chi connectivity index (χ2v) is 14.4. The molecular weight excluding hydrogens is 674 g/mol. The second-order valence-electron chi connectivity index (χ2n) is 14.4. The van der Waals surface area contributed by atoms with Crippen LogP contribution in [0.2, 0.25) is 0 Å². The minimum absolute atomic E-state index is 0.0808. The number of imide groups is 2. The number of carbonyl (C=O) groups is 5. The Morgan fingerprint density at radius 2 is 1.77 bits per heavy atom. The number of nitrogens with zero attached hydrogens (tertiary/aromatic N) is 6. The predicted molar refractivity (Wildman–Crippen MR) is 196 cm³/mol.